The van der Waals surface area contributed by atoms with Crippen LogP contribution < -0.4 is 17.3 Å². The molecule has 13 heavy (non-hydrogen) atoms. The van der Waals surface area contributed by atoms with Crippen LogP contribution in [-0.2, 0) is 0 Å². The highest BCUT2D eigenvalue weighted by atomic mass is 15.4. The maximum atomic E-state index is 7.00. The molecule has 7 N–H and O–H groups in total. The molecule has 0 aliphatic rings. The summed E-state index contributed by atoms with van der Waals surface area (Å²) in [5.41, 5.74) is 11.8. The fourth-order valence-electron chi connectivity index (χ4n) is 0.848. The van der Waals surface area contributed by atoms with E-state index >= 15 is 0 Å². The van der Waals surface area contributed by atoms with Crippen molar-refractivity contribution < 1.29 is 0 Å². The second-order valence-electron chi connectivity index (χ2n) is 3.17. The smallest absolute Gasteiger partial charge is 0.202 e. The van der Waals surface area contributed by atoms with Crippen LogP contribution in [0.4, 0.5) is 0 Å². The molecule has 0 spiro atoms. The first-order chi connectivity index (χ1) is 5.95. The molecule has 0 radical (unpaired) electrons. The van der Waals surface area contributed by atoms with E-state index in [-0.39, 0.29) is 12.0 Å². The van der Waals surface area contributed by atoms with E-state index < -0.39 is 0 Å². The molecule has 0 aromatic rings. The summed E-state index contributed by atoms with van der Waals surface area (Å²) in [7, 11) is 0. The topological polar surface area (TPSA) is 105 Å². The van der Waals surface area contributed by atoms with E-state index in [1.807, 2.05) is 6.92 Å². The largest absolute Gasteiger partial charge is 0.369 e. The first-order valence-electron chi connectivity index (χ1n) is 4.22. The minimum Gasteiger partial charge on any atom is -0.369 e. The van der Waals surface area contributed by atoms with Gasteiger partial charge in [0, 0.05) is 12.6 Å². The molecular weight excluding hydrogens is 166 g/mol. The quantitative estimate of drug-likeness (QED) is 0.156. The Morgan fingerprint density at radius 2 is 2.15 bits per heavy atom. The first kappa shape index (κ1) is 11.9. The van der Waals surface area contributed by atoms with Crippen LogP contribution in [0.1, 0.15) is 19.8 Å². The van der Waals surface area contributed by atoms with Crippen LogP contribution in [0.5, 0.6) is 0 Å². The number of hydrazine groups is 1. The van der Waals surface area contributed by atoms with Gasteiger partial charge in [-0.3, -0.25) is 10.4 Å². The predicted octanol–water partition coefficient (Wildman–Crippen LogP) is -0.261. The fourth-order valence-corrected chi connectivity index (χ4v) is 0.848. The van der Waals surface area contributed by atoms with E-state index in [0.717, 1.165) is 18.4 Å². The van der Waals surface area contributed by atoms with Crippen molar-refractivity contribution in [2.24, 2.45) is 17.3 Å². The normalized spacial score (nSPS) is 12.2. The number of nitrogens with one attached hydrogen (secondary N) is 1. The second kappa shape index (κ2) is 5.55. The Bertz CT molecular complexity index is 169. The van der Waals surface area contributed by atoms with E-state index in [9.17, 15) is 0 Å². The van der Waals surface area contributed by atoms with Gasteiger partial charge in [0.25, 0.3) is 0 Å². The molecule has 5 heteroatoms. The van der Waals surface area contributed by atoms with Gasteiger partial charge in [0.1, 0.15) is 0 Å². The maximum Gasteiger partial charge on any atom is 0.202 e. The number of nitrogens with zero attached hydrogens (tertiary/aromatic N) is 1. The molecule has 0 heterocycles. The van der Waals surface area contributed by atoms with Gasteiger partial charge < -0.3 is 11.5 Å². The lowest BCUT2D eigenvalue weighted by atomic mass is 10.1. The molecule has 5 nitrogen and oxygen atoms in total. The molecule has 0 unspecified atom stereocenters. The predicted molar refractivity (Wildman–Crippen MR) is 54.8 cm³/mol. The molecule has 0 rings (SSSR count). The minimum atomic E-state index is -0.121. The Morgan fingerprint density at radius 3 is 2.54 bits per heavy atom. The van der Waals surface area contributed by atoms with Crippen molar-refractivity contribution in [2.45, 2.75) is 25.8 Å². The van der Waals surface area contributed by atoms with Gasteiger partial charge in [-0.2, -0.15) is 0 Å². The van der Waals surface area contributed by atoms with Crippen LogP contribution in [0.25, 0.3) is 0 Å². The molecule has 0 aromatic carbocycles. The van der Waals surface area contributed by atoms with Gasteiger partial charge in [-0.15, -0.1) is 0 Å². The molecule has 0 amide bonds. The highest BCUT2D eigenvalue weighted by Crippen LogP contribution is 2.02. The van der Waals surface area contributed by atoms with Crippen molar-refractivity contribution in [3.8, 4) is 0 Å². The van der Waals surface area contributed by atoms with E-state index in [1.165, 1.54) is 5.01 Å². The van der Waals surface area contributed by atoms with Crippen LogP contribution in [-0.4, -0.2) is 23.6 Å². The lowest BCUT2D eigenvalue weighted by Crippen LogP contribution is -2.42. The average Bonchev–Trinajstić information content (AvgIpc) is 2.03. The Morgan fingerprint density at radius 1 is 1.62 bits per heavy atom. The van der Waals surface area contributed by atoms with Crippen molar-refractivity contribution in [3.05, 3.63) is 12.2 Å². The summed E-state index contributed by atoms with van der Waals surface area (Å²) in [6, 6.07) is 0.0142. The molecule has 76 valence electrons. The fraction of sp³-hybridized carbons (Fsp3) is 0.625. The number of nitrogens with two attached hydrogens (primary N) is 3. The summed E-state index contributed by atoms with van der Waals surface area (Å²) in [6.07, 6.45) is 1.63. The van der Waals surface area contributed by atoms with Gasteiger partial charge in [0.2, 0.25) is 5.96 Å². The Kier molecular flexibility index (Phi) is 5.10. The minimum absolute atomic E-state index is 0.0142. The molecule has 0 aromatic heterocycles. The zero-order valence-electron chi connectivity index (χ0n) is 8.09. The third-order valence-corrected chi connectivity index (χ3v) is 1.86. The van der Waals surface area contributed by atoms with Crippen molar-refractivity contribution in [1.29, 1.82) is 5.41 Å². The monoisotopic (exact) mass is 185 g/mol. The van der Waals surface area contributed by atoms with E-state index in [0.29, 0.717) is 6.54 Å². The molecular formula is C8H19N5. The number of guanidine groups is 1. The van der Waals surface area contributed by atoms with Crippen LogP contribution in [0.3, 0.4) is 0 Å². The average molecular weight is 185 g/mol. The third-order valence-electron chi connectivity index (χ3n) is 1.86. The lowest BCUT2D eigenvalue weighted by molar-refractivity contribution is 0.409. The van der Waals surface area contributed by atoms with Gasteiger partial charge in [-0.05, 0) is 19.8 Å². The summed E-state index contributed by atoms with van der Waals surface area (Å²) >= 11 is 0. The number of hydrogen-bond acceptors (Lipinski definition) is 3. The molecule has 0 bridgehead atoms. The lowest BCUT2D eigenvalue weighted by Gasteiger charge is -2.17. The standard InChI is InChI=1S/C8H19N5/c1-6(2)7(9)4-3-5-13(12)8(10)11/h7H,1,3-5,9,12H2,2H3,(H3,10,11)/t7-/m0/s1. The summed E-state index contributed by atoms with van der Waals surface area (Å²) in [6.45, 7) is 6.20. The second-order valence-corrected chi connectivity index (χ2v) is 3.17. The van der Waals surface area contributed by atoms with Crippen molar-refractivity contribution in [3.63, 3.8) is 0 Å². The highest BCUT2D eigenvalue weighted by Gasteiger charge is 2.04. The van der Waals surface area contributed by atoms with Crippen LogP contribution in [0.2, 0.25) is 0 Å². The summed E-state index contributed by atoms with van der Waals surface area (Å²) in [5.74, 6) is 5.28. The van der Waals surface area contributed by atoms with E-state index in [2.05, 4.69) is 6.58 Å². The Balaban J connectivity index is 3.56. The zero-order valence-corrected chi connectivity index (χ0v) is 8.09. The SMILES string of the molecule is C=C(C)[C@@H](N)CCCN(N)C(=N)N. The summed E-state index contributed by atoms with van der Waals surface area (Å²) < 4.78 is 0. The van der Waals surface area contributed by atoms with Gasteiger partial charge in [-0.25, -0.2) is 5.84 Å². The maximum absolute atomic E-state index is 7.00. The van der Waals surface area contributed by atoms with E-state index in [1.54, 1.807) is 0 Å². The Hall–Kier alpha value is -1.07. The number of rotatable bonds is 5. The molecule has 0 saturated heterocycles. The van der Waals surface area contributed by atoms with Crippen molar-refractivity contribution in [2.75, 3.05) is 6.54 Å². The van der Waals surface area contributed by atoms with Crippen molar-refractivity contribution >= 4 is 5.96 Å². The zero-order chi connectivity index (χ0) is 10.4. The van der Waals surface area contributed by atoms with Gasteiger partial charge in [0.15, 0.2) is 0 Å². The van der Waals surface area contributed by atoms with Gasteiger partial charge in [0.05, 0.1) is 0 Å². The van der Waals surface area contributed by atoms with Gasteiger partial charge >= 0.3 is 0 Å². The van der Waals surface area contributed by atoms with E-state index in [4.69, 9.17) is 22.7 Å². The number of hydrogen-bond donors (Lipinski definition) is 4. The Labute approximate surface area is 79.0 Å². The molecule has 0 fully saturated rings. The third kappa shape index (κ3) is 5.21. The molecule has 0 aliphatic heterocycles. The van der Waals surface area contributed by atoms with Crippen LogP contribution in [0.15, 0.2) is 12.2 Å². The first-order valence-corrected chi connectivity index (χ1v) is 4.22. The highest BCUT2D eigenvalue weighted by molar-refractivity contribution is 5.73. The van der Waals surface area contributed by atoms with Crippen LogP contribution >= 0.6 is 0 Å². The summed E-state index contributed by atoms with van der Waals surface area (Å²) in [5, 5.41) is 8.20. The van der Waals surface area contributed by atoms with Crippen molar-refractivity contribution in [1.82, 2.24) is 5.01 Å². The molecule has 0 saturated carbocycles. The van der Waals surface area contributed by atoms with Crippen LogP contribution in [0, 0.1) is 5.41 Å². The summed E-state index contributed by atoms with van der Waals surface area (Å²) in [4.78, 5) is 0. The van der Waals surface area contributed by atoms with Gasteiger partial charge in [-0.1, -0.05) is 12.2 Å². The molecule has 1 atom stereocenters. The molecule has 0 aliphatic carbocycles.